The maximum Gasteiger partial charge on any atom is 0.341 e. The second-order valence-corrected chi connectivity index (χ2v) is 8.06. The first-order valence-corrected chi connectivity index (χ1v) is 10.1. The van der Waals surface area contributed by atoms with Crippen molar-refractivity contribution in [1.29, 1.82) is 0 Å². The number of thiophene rings is 1. The summed E-state index contributed by atoms with van der Waals surface area (Å²) in [5, 5.41) is 14.4. The van der Waals surface area contributed by atoms with Gasteiger partial charge in [-0.3, -0.25) is 14.9 Å². The fourth-order valence-corrected chi connectivity index (χ4v) is 4.59. The molecule has 148 valence electrons. The lowest BCUT2D eigenvalue weighted by molar-refractivity contribution is -0.385. The second kappa shape index (κ2) is 8.52. The molecule has 0 aliphatic heterocycles. The van der Waals surface area contributed by atoms with Gasteiger partial charge in [0.05, 0.1) is 16.6 Å². The molecule has 7 nitrogen and oxygen atoms in total. The highest BCUT2D eigenvalue weighted by atomic mass is 32.1. The minimum absolute atomic E-state index is 0.0423. The third-order valence-electron chi connectivity index (χ3n) is 4.54. The molecule has 0 spiro atoms. The summed E-state index contributed by atoms with van der Waals surface area (Å²) in [6.45, 7) is 3.54. The molecule has 0 radical (unpaired) electrons. The topological polar surface area (TPSA) is 98.5 Å². The van der Waals surface area contributed by atoms with Gasteiger partial charge in [0.2, 0.25) is 0 Å². The van der Waals surface area contributed by atoms with Gasteiger partial charge in [0, 0.05) is 10.9 Å². The number of para-hydroxylation sites is 1. The van der Waals surface area contributed by atoms with Crippen LogP contribution in [0.1, 0.15) is 64.3 Å². The van der Waals surface area contributed by atoms with Gasteiger partial charge in [-0.25, -0.2) is 4.79 Å². The van der Waals surface area contributed by atoms with Crippen molar-refractivity contribution in [3.8, 4) is 0 Å². The van der Waals surface area contributed by atoms with Crippen LogP contribution in [0.3, 0.4) is 0 Å². The van der Waals surface area contributed by atoms with Crippen LogP contribution in [0, 0.1) is 10.1 Å². The average molecular weight is 402 g/mol. The van der Waals surface area contributed by atoms with Crippen molar-refractivity contribution in [3.05, 3.63) is 55.9 Å². The van der Waals surface area contributed by atoms with Crippen molar-refractivity contribution in [3.63, 3.8) is 0 Å². The van der Waals surface area contributed by atoms with E-state index in [4.69, 9.17) is 4.74 Å². The number of rotatable bonds is 5. The number of esters is 1. The lowest BCUT2D eigenvalue weighted by Gasteiger charge is -2.11. The summed E-state index contributed by atoms with van der Waals surface area (Å²) in [5.74, 6) is -1.07. The molecule has 1 N–H and O–H groups in total. The number of aryl methyl sites for hydroxylation is 1. The molecule has 0 unspecified atom stereocenters. The molecular formula is C20H22N2O5S. The fourth-order valence-electron chi connectivity index (χ4n) is 3.31. The van der Waals surface area contributed by atoms with E-state index in [2.05, 4.69) is 5.32 Å². The Morgan fingerprint density at radius 2 is 1.89 bits per heavy atom. The summed E-state index contributed by atoms with van der Waals surface area (Å²) in [4.78, 5) is 37.2. The smallest absolute Gasteiger partial charge is 0.341 e. The van der Waals surface area contributed by atoms with Crippen LogP contribution in [0.2, 0.25) is 0 Å². The zero-order valence-corrected chi connectivity index (χ0v) is 16.6. The molecule has 0 saturated heterocycles. The van der Waals surface area contributed by atoms with Crippen LogP contribution in [0.4, 0.5) is 10.7 Å². The second-order valence-electron chi connectivity index (χ2n) is 6.95. The largest absolute Gasteiger partial charge is 0.459 e. The number of nitro benzene ring substituents is 1. The van der Waals surface area contributed by atoms with Crippen LogP contribution in [-0.2, 0) is 17.6 Å². The van der Waals surface area contributed by atoms with Crippen LogP contribution >= 0.6 is 11.3 Å². The van der Waals surface area contributed by atoms with Crippen molar-refractivity contribution in [2.24, 2.45) is 0 Å². The molecule has 1 aromatic heterocycles. The number of ether oxygens (including phenoxy) is 1. The zero-order valence-electron chi connectivity index (χ0n) is 15.8. The molecule has 0 bridgehead atoms. The third kappa shape index (κ3) is 4.22. The monoisotopic (exact) mass is 402 g/mol. The maximum atomic E-state index is 12.8. The highest BCUT2D eigenvalue weighted by Crippen LogP contribution is 2.38. The lowest BCUT2D eigenvalue weighted by atomic mass is 10.1. The summed E-state index contributed by atoms with van der Waals surface area (Å²) in [6.07, 6.45) is 4.43. The summed E-state index contributed by atoms with van der Waals surface area (Å²) in [7, 11) is 0. The zero-order chi connectivity index (χ0) is 20.3. The quantitative estimate of drug-likeness (QED) is 0.337. The predicted molar refractivity (Wildman–Crippen MR) is 107 cm³/mol. The van der Waals surface area contributed by atoms with Gasteiger partial charge in [0.25, 0.3) is 11.6 Å². The fraction of sp³-hybridized carbons (Fsp3) is 0.400. The third-order valence-corrected chi connectivity index (χ3v) is 5.75. The van der Waals surface area contributed by atoms with Gasteiger partial charge in [-0.2, -0.15) is 0 Å². The van der Waals surface area contributed by atoms with E-state index in [1.807, 2.05) is 0 Å². The lowest BCUT2D eigenvalue weighted by Crippen LogP contribution is -2.18. The minimum Gasteiger partial charge on any atom is -0.459 e. The molecule has 3 rings (SSSR count). The van der Waals surface area contributed by atoms with Gasteiger partial charge in [-0.15, -0.1) is 11.3 Å². The molecule has 0 atom stereocenters. The number of nitrogens with one attached hydrogen (secondary N) is 1. The summed E-state index contributed by atoms with van der Waals surface area (Å²) in [5.41, 5.74) is 1.01. The summed E-state index contributed by atoms with van der Waals surface area (Å²) in [6, 6.07) is 5.76. The van der Waals surface area contributed by atoms with Crippen LogP contribution in [0.25, 0.3) is 0 Å². The van der Waals surface area contributed by atoms with Crippen molar-refractivity contribution < 1.29 is 19.2 Å². The first-order valence-electron chi connectivity index (χ1n) is 9.28. The molecule has 1 heterocycles. The van der Waals surface area contributed by atoms with Crippen molar-refractivity contribution >= 4 is 33.9 Å². The van der Waals surface area contributed by atoms with Gasteiger partial charge < -0.3 is 10.1 Å². The van der Waals surface area contributed by atoms with E-state index >= 15 is 0 Å². The molecule has 8 heteroatoms. The van der Waals surface area contributed by atoms with Gasteiger partial charge in [0.1, 0.15) is 10.6 Å². The van der Waals surface area contributed by atoms with E-state index in [0.717, 1.165) is 42.5 Å². The highest BCUT2D eigenvalue weighted by molar-refractivity contribution is 7.17. The first-order chi connectivity index (χ1) is 13.4. The maximum absolute atomic E-state index is 12.8. The molecule has 1 aliphatic carbocycles. The summed E-state index contributed by atoms with van der Waals surface area (Å²) >= 11 is 1.37. The number of nitrogens with zero attached hydrogens (tertiary/aromatic N) is 1. The van der Waals surface area contributed by atoms with E-state index in [1.165, 1.54) is 29.5 Å². The highest BCUT2D eigenvalue weighted by Gasteiger charge is 2.28. The van der Waals surface area contributed by atoms with Gasteiger partial charge >= 0.3 is 5.97 Å². The number of nitro groups is 1. The normalized spacial score (nSPS) is 13.5. The number of carbonyl (C=O) groups excluding carboxylic acids is 2. The van der Waals surface area contributed by atoms with Crippen molar-refractivity contribution in [1.82, 2.24) is 0 Å². The van der Waals surface area contributed by atoms with E-state index in [-0.39, 0.29) is 17.4 Å². The molecule has 2 aromatic rings. The first kappa shape index (κ1) is 20.0. The van der Waals surface area contributed by atoms with E-state index < -0.39 is 16.8 Å². The number of amides is 1. The number of benzene rings is 1. The van der Waals surface area contributed by atoms with E-state index in [0.29, 0.717) is 10.6 Å². The molecule has 28 heavy (non-hydrogen) atoms. The Balaban J connectivity index is 1.99. The molecule has 1 amide bonds. The van der Waals surface area contributed by atoms with Crippen LogP contribution in [0.5, 0.6) is 0 Å². The minimum atomic E-state index is -0.609. The molecule has 0 saturated carbocycles. The molecular weight excluding hydrogens is 380 g/mol. The number of fused-ring (bicyclic) bond motifs is 1. The Hall–Kier alpha value is -2.74. The van der Waals surface area contributed by atoms with Crippen LogP contribution in [0.15, 0.2) is 24.3 Å². The predicted octanol–water partition coefficient (Wildman–Crippen LogP) is 4.74. The van der Waals surface area contributed by atoms with Gasteiger partial charge in [-0.05, 0) is 51.2 Å². The number of anilines is 1. The van der Waals surface area contributed by atoms with E-state index in [1.54, 1.807) is 19.9 Å². The SMILES string of the molecule is CC(C)OC(=O)c1c(NC(=O)c2ccccc2[N+](=O)[O-])sc2c1CCCCC2. The van der Waals surface area contributed by atoms with E-state index in [9.17, 15) is 19.7 Å². The summed E-state index contributed by atoms with van der Waals surface area (Å²) < 4.78 is 5.40. The van der Waals surface area contributed by atoms with Crippen molar-refractivity contribution in [2.45, 2.75) is 52.1 Å². The molecule has 1 aromatic carbocycles. The van der Waals surface area contributed by atoms with Gasteiger partial charge in [-0.1, -0.05) is 18.6 Å². The van der Waals surface area contributed by atoms with Crippen LogP contribution < -0.4 is 5.32 Å². The average Bonchev–Trinajstić information content (AvgIpc) is 2.81. The number of carbonyl (C=O) groups is 2. The van der Waals surface area contributed by atoms with Gasteiger partial charge in [0.15, 0.2) is 0 Å². The Labute approximate surface area is 166 Å². The Kier molecular flexibility index (Phi) is 6.08. The standard InChI is InChI=1S/C20H22N2O5S/c1-12(2)27-20(24)17-14-9-4-3-5-11-16(14)28-19(17)21-18(23)13-8-6-7-10-15(13)22(25)26/h6-8,10,12H,3-5,9,11H2,1-2H3,(H,21,23). The Morgan fingerprint density at radius 1 is 1.18 bits per heavy atom. The van der Waals surface area contributed by atoms with Crippen LogP contribution in [-0.4, -0.2) is 22.9 Å². The Morgan fingerprint density at radius 3 is 2.61 bits per heavy atom. The number of hydrogen-bond acceptors (Lipinski definition) is 6. The number of hydrogen-bond donors (Lipinski definition) is 1. The molecule has 0 fully saturated rings. The Bertz CT molecular complexity index is 919. The molecule has 1 aliphatic rings. The van der Waals surface area contributed by atoms with Crippen molar-refractivity contribution in [2.75, 3.05) is 5.32 Å².